The summed E-state index contributed by atoms with van der Waals surface area (Å²) in [4.78, 5) is 11.5. The van der Waals surface area contributed by atoms with Crippen molar-refractivity contribution >= 4 is 11.6 Å². The lowest BCUT2D eigenvalue weighted by Crippen LogP contribution is -2.19. The summed E-state index contributed by atoms with van der Waals surface area (Å²) in [5.74, 6) is 1.14. The van der Waals surface area contributed by atoms with Crippen LogP contribution in [0.1, 0.15) is 17.2 Å². The van der Waals surface area contributed by atoms with Gasteiger partial charge < -0.3 is 20.9 Å². The maximum atomic E-state index is 11.5. The minimum atomic E-state index is -0.605. The van der Waals surface area contributed by atoms with Crippen LogP contribution in [0.3, 0.4) is 0 Å². The van der Waals surface area contributed by atoms with Gasteiger partial charge in [0.15, 0.2) is 0 Å². The van der Waals surface area contributed by atoms with Gasteiger partial charge in [0.25, 0.3) is 0 Å². The molecule has 1 aliphatic rings. The number of anilines is 1. The Balaban J connectivity index is 1.77. The molecule has 5 heteroatoms. The van der Waals surface area contributed by atoms with Crippen molar-refractivity contribution in [3.05, 3.63) is 53.6 Å². The molecule has 0 fully saturated rings. The van der Waals surface area contributed by atoms with Gasteiger partial charge in [-0.25, -0.2) is 0 Å². The lowest BCUT2D eigenvalue weighted by atomic mass is 10.1. The molecule has 2 aromatic carbocycles. The van der Waals surface area contributed by atoms with E-state index >= 15 is 0 Å². The molecule has 2 aromatic rings. The molecule has 1 atom stereocenters. The Morgan fingerprint density at radius 2 is 1.86 bits per heavy atom. The maximum absolute atomic E-state index is 11.5. The van der Waals surface area contributed by atoms with E-state index in [1.165, 1.54) is 0 Å². The highest BCUT2D eigenvalue weighted by atomic mass is 16.5. The van der Waals surface area contributed by atoms with Crippen molar-refractivity contribution in [3.8, 4) is 11.5 Å². The van der Waals surface area contributed by atoms with Gasteiger partial charge in [-0.1, -0.05) is 18.2 Å². The van der Waals surface area contributed by atoms with Crippen molar-refractivity contribution in [2.45, 2.75) is 12.5 Å². The monoisotopic (exact) mass is 284 g/mol. The molecule has 1 heterocycles. The van der Waals surface area contributed by atoms with E-state index in [0.29, 0.717) is 23.6 Å². The zero-order chi connectivity index (χ0) is 14.8. The predicted octanol–water partition coefficient (Wildman–Crippen LogP) is 1.97. The number of aliphatic hydroxyl groups excluding tert-OH is 1. The fraction of sp³-hybridized carbons (Fsp3) is 0.188. The molecule has 5 nitrogen and oxygen atoms in total. The lowest BCUT2D eigenvalue weighted by Gasteiger charge is -2.08. The number of amides is 1. The van der Waals surface area contributed by atoms with Gasteiger partial charge in [0.2, 0.25) is 5.91 Å². The Labute approximate surface area is 122 Å². The van der Waals surface area contributed by atoms with E-state index in [4.69, 9.17) is 15.6 Å². The first-order valence-electron chi connectivity index (χ1n) is 6.75. The third-order valence-electron chi connectivity index (χ3n) is 3.46. The van der Waals surface area contributed by atoms with Gasteiger partial charge >= 0.3 is 0 Å². The summed E-state index contributed by atoms with van der Waals surface area (Å²) >= 11 is 0. The molecule has 3 rings (SSSR count). The Bertz CT molecular complexity index is 668. The van der Waals surface area contributed by atoms with E-state index in [2.05, 4.69) is 5.32 Å². The molecule has 4 N–H and O–H groups in total. The third-order valence-corrected chi connectivity index (χ3v) is 3.46. The lowest BCUT2D eigenvalue weighted by molar-refractivity contribution is -0.116. The molecule has 0 aromatic heterocycles. The van der Waals surface area contributed by atoms with Gasteiger partial charge in [0.05, 0.1) is 0 Å². The van der Waals surface area contributed by atoms with Crippen LogP contribution in [0.4, 0.5) is 5.69 Å². The molecule has 0 bridgehead atoms. The van der Waals surface area contributed by atoms with Crippen molar-refractivity contribution < 1.29 is 14.6 Å². The van der Waals surface area contributed by atoms with Crippen LogP contribution in [0.2, 0.25) is 0 Å². The van der Waals surface area contributed by atoms with Crippen molar-refractivity contribution in [2.75, 3.05) is 11.9 Å². The van der Waals surface area contributed by atoms with E-state index in [-0.39, 0.29) is 12.5 Å². The molecule has 108 valence electrons. The molecule has 0 saturated carbocycles. The van der Waals surface area contributed by atoms with Gasteiger partial charge in [0, 0.05) is 23.9 Å². The van der Waals surface area contributed by atoms with Gasteiger partial charge in [-0.05, 0) is 30.2 Å². The number of aliphatic hydroxyl groups is 1. The molecule has 0 saturated heterocycles. The first-order valence-corrected chi connectivity index (χ1v) is 6.75. The number of nitrogens with two attached hydrogens (primary N) is 1. The fourth-order valence-corrected chi connectivity index (χ4v) is 2.32. The number of benzene rings is 2. The minimum absolute atomic E-state index is 0.130. The minimum Gasteiger partial charge on any atom is -0.457 e. The number of ether oxygens (including phenoxy) is 1. The summed E-state index contributed by atoms with van der Waals surface area (Å²) in [7, 11) is 0. The number of nitrogens with one attached hydrogen (secondary N) is 1. The predicted molar refractivity (Wildman–Crippen MR) is 79.3 cm³/mol. The summed E-state index contributed by atoms with van der Waals surface area (Å²) in [5.41, 5.74) is 8.30. The zero-order valence-corrected chi connectivity index (χ0v) is 11.4. The molecule has 1 aliphatic heterocycles. The van der Waals surface area contributed by atoms with Crippen LogP contribution < -0.4 is 15.8 Å². The van der Waals surface area contributed by atoms with E-state index in [1.807, 2.05) is 24.3 Å². The highest BCUT2D eigenvalue weighted by molar-refractivity contribution is 6.02. The van der Waals surface area contributed by atoms with Crippen molar-refractivity contribution in [3.63, 3.8) is 0 Å². The normalized spacial score (nSPS) is 16.5. The first kappa shape index (κ1) is 13.6. The summed E-state index contributed by atoms with van der Waals surface area (Å²) in [6, 6.07) is 12.3. The summed E-state index contributed by atoms with van der Waals surface area (Å²) in [5, 5.41) is 11.6. The topological polar surface area (TPSA) is 84.6 Å². The second-order valence-corrected chi connectivity index (χ2v) is 4.94. The Morgan fingerprint density at radius 1 is 1.14 bits per heavy atom. The molecule has 1 amide bonds. The molecule has 0 radical (unpaired) electrons. The van der Waals surface area contributed by atoms with Gasteiger partial charge in [-0.3, -0.25) is 4.79 Å². The SMILES string of the molecule is NC1C(=O)Nc2cc(Oc3ccc(CCO)cc3)ccc21. The molecular weight excluding hydrogens is 268 g/mol. The number of rotatable bonds is 4. The molecular formula is C16H16N2O3. The summed E-state index contributed by atoms with van der Waals surface area (Å²) in [6.45, 7) is 0.130. The maximum Gasteiger partial charge on any atom is 0.245 e. The number of carbonyl (C=O) groups excluding carboxylic acids is 1. The van der Waals surface area contributed by atoms with Crippen LogP contribution >= 0.6 is 0 Å². The quantitative estimate of drug-likeness (QED) is 0.801. The van der Waals surface area contributed by atoms with Crippen LogP contribution in [0.15, 0.2) is 42.5 Å². The summed E-state index contributed by atoms with van der Waals surface area (Å²) in [6.07, 6.45) is 0.628. The Kier molecular flexibility index (Phi) is 3.60. The van der Waals surface area contributed by atoms with E-state index in [1.54, 1.807) is 18.2 Å². The smallest absolute Gasteiger partial charge is 0.245 e. The van der Waals surface area contributed by atoms with Crippen LogP contribution in [0.5, 0.6) is 11.5 Å². The number of hydrogen-bond acceptors (Lipinski definition) is 4. The molecule has 21 heavy (non-hydrogen) atoms. The Hall–Kier alpha value is -2.37. The number of hydrogen-bond donors (Lipinski definition) is 3. The van der Waals surface area contributed by atoms with E-state index in [9.17, 15) is 4.79 Å². The molecule has 1 unspecified atom stereocenters. The largest absolute Gasteiger partial charge is 0.457 e. The van der Waals surface area contributed by atoms with Gasteiger partial charge in [0.1, 0.15) is 17.5 Å². The van der Waals surface area contributed by atoms with Crippen LogP contribution in [-0.2, 0) is 11.2 Å². The highest BCUT2D eigenvalue weighted by Gasteiger charge is 2.27. The van der Waals surface area contributed by atoms with E-state index in [0.717, 1.165) is 11.1 Å². The molecule has 0 aliphatic carbocycles. The first-order chi connectivity index (χ1) is 10.2. The zero-order valence-electron chi connectivity index (χ0n) is 11.4. The van der Waals surface area contributed by atoms with Crippen molar-refractivity contribution in [1.82, 2.24) is 0 Å². The van der Waals surface area contributed by atoms with Gasteiger partial charge in [-0.2, -0.15) is 0 Å². The second kappa shape index (κ2) is 5.55. The number of fused-ring (bicyclic) bond motifs is 1. The molecule has 0 spiro atoms. The van der Waals surface area contributed by atoms with Crippen LogP contribution in [0, 0.1) is 0 Å². The average molecular weight is 284 g/mol. The van der Waals surface area contributed by atoms with E-state index < -0.39 is 6.04 Å². The second-order valence-electron chi connectivity index (χ2n) is 4.94. The average Bonchev–Trinajstić information content (AvgIpc) is 2.76. The highest BCUT2D eigenvalue weighted by Crippen LogP contribution is 2.34. The Morgan fingerprint density at radius 3 is 2.57 bits per heavy atom. The summed E-state index contributed by atoms with van der Waals surface area (Å²) < 4.78 is 5.75. The van der Waals surface area contributed by atoms with Gasteiger partial charge in [-0.15, -0.1) is 0 Å². The van der Waals surface area contributed by atoms with Crippen molar-refractivity contribution in [1.29, 1.82) is 0 Å². The number of carbonyl (C=O) groups is 1. The van der Waals surface area contributed by atoms with Crippen molar-refractivity contribution in [2.24, 2.45) is 5.73 Å². The van der Waals surface area contributed by atoms with Crippen LogP contribution in [-0.4, -0.2) is 17.6 Å². The standard InChI is InChI=1S/C16H16N2O3/c17-15-13-6-5-12(9-14(13)18-16(15)20)21-11-3-1-10(2-4-11)7-8-19/h1-6,9,15,19H,7-8,17H2,(H,18,20). The fourth-order valence-electron chi connectivity index (χ4n) is 2.32. The third kappa shape index (κ3) is 2.74. The van der Waals surface area contributed by atoms with Crippen LogP contribution in [0.25, 0.3) is 0 Å².